The highest BCUT2D eigenvalue weighted by atomic mass is 32.1. The number of carbonyl (C=O) groups is 4. The number of nitrogens with zero attached hydrogens (tertiary/aromatic N) is 2. The molecular weight excluding hydrogens is 1030 g/mol. The van der Waals surface area contributed by atoms with Crippen molar-refractivity contribution in [3.63, 3.8) is 0 Å². The van der Waals surface area contributed by atoms with Crippen LogP contribution in [0.4, 0.5) is 5.00 Å². The third-order valence-electron chi connectivity index (χ3n) is 13.9. The first-order valence-electron chi connectivity index (χ1n) is 24.4. The first-order chi connectivity index (χ1) is 38.0. The minimum absolute atomic E-state index is 0.0256. The summed E-state index contributed by atoms with van der Waals surface area (Å²) < 4.78 is 25.3. The van der Waals surface area contributed by atoms with E-state index >= 15 is 19.2 Å². The van der Waals surface area contributed by atoms with Crippen molar-refractivity contribution < 1.29 is 38.1 Å². The van der Waals surface area contributed by atoms with Gasteiger partial charge in [-0.15, -0.1) is 22.7 Å². The minimum atomic E-state index is -2.89. The van der Waals surface area contributed by atoms with E-state index in [1.165, 1.54) is 30.3 Å². The number of rotatable bonds is 14. The molecule has 2 aromatic heterocycles. The molecule has 2 aliphatic rings. The van der Waals surface area contributed by atoms with Crippen LogP contribution in [0.15, 0.2) is 222 Å². The van der Waals surface area contributed by atoms with Gasteiger partial charge in [-0.2, -0.15) is 0 Å². The highest BCUT2D eigenvalue weighted by Gasteiger charge is 2.71. The average molecular weight is 1070 g/mol. The first-order valence-corrected chi connectivity index (χ1v) is 26.1. The van der Waals surface area contributed by atoms with Crippen molar-refractivity contribution in [3.8, 4) is 0 Å². The van der Waals surface area contributed by atoms with Crippen molar-refractivity contribution in [3.05, 3.63) is 278 Å². The molecule has 380 valence electrons. The van der Waals surface area contributed by atoms with Crippen LogP contribution in [0.5, 0.6) is 0 Å². The van der Waals surface area contributed by atoms with Gasteiger partial charge < -0.3 is 18.9 Å². The second-order valence-electron chi connectivity index (χ2n) is 18.5. The largest absolute Gasteiger partial charge is 0.459 e. The summed E-state index contributed by atoms with van der Waals surface area (Å²) in [5, 5.41) is -0.421. The molecular formula is C62H38N2O12S2. The Balaban J connectivity index is 1.16. The number of carbonyl (C=O) groups excluding carboxylic acids is 4. The monoisotopic (exact) mass is 1070 g/mol. The Morgan fingerprint density at radius 2 is 0.769 bits per heavy atom. The zero-order valence-corrected chi connectivity index (χ0v) is 42.4. The van der Waals surface area contributed by atoms with Crippen molar-refractivity contribution >= 4 is 88.1 Å². The standard InChI is InChI=1S/C62H38N2O12S2/c65-51-39-25-13-14-26-40(39)52(66)49(51)63-45-29-43-47(62(45,59(71)75-33-37-21-9-3-10-22-37)60(72)76-34-38-23-11-4-12-24-38)56-48(55-44(77-56)30-46(78-55)64-50-53(67)41-27-15-16-28-42(41)54(50)68)61(43,57(69)73-31-35-17-5-1-6-18-35)58(70)74-32-36-19-7-2-8-20-36/h1-30H,31-34H2. The third-order valence-corrected chi connectivity index (χ3v) is 16.2. The van der Waals surface area contributed by atoms with Crippen molar-refractivity contribution in [2.24, 2.45) is 15.4 Å². The van der Waals surface area contributed by atoms with Gasteiger partial charge in [0.25, 0.3) is 0 Å². The number of hydrogen-bond acceptors (Lipinski definition) is 16. The number of esters is 4. The van der Waals surface area contributed by atoms with Gasteiger partial charge in [0.1, 0.15) is 31.4 Å². The molecule has 0 N–H and O–H groups in total. The van der Waals surface area contributed by atoms with Crippen LogP contribution in [-0.4, -0.2) is 23.9 Å². The molecule has 0 saturated carbocycles. The predicted octanol–water partition coefficient (Wildman–Crippen LogP) is 8.16. The topological polar surface area (TPSA) is 198 Å². The van der Waals surface area contributed by atoms with Crippen LogP contribution in [0.2, 0.25) is 0 Å². The Morgan fingerprint density at radius 3 is 1.15 bits per heavy atom. The Bertz CT molecular complexity index is 4300. The number of hydrogen-bond donors (Lipinski definition) is 0. The summed E-state index contributed by atoms with van der Waals surface area (Å²) in [4.78, 5) is 129. The van der Waals surface area contributed by atoms with Gasteiger partial charge >= 0.3 is 23.9 Å². The normalized spacial score (nSPS) is 14.0. The lowest BCUT2D eigenvalue weighted by Crippen LogP contribution is -2.46. The fourth-order valence-electron chi connectivity index (χ4n) is 10.2. The molecule has 0 saturated heterocycles. The first kappa shape index (κ1) is 49.2. The van der Waals surface area contributed by atoms with Crippen LogP contribution in [0.3, 0.4) is 0 Å². The van der Waals surface area contributed by atoms with Crippen molar-refractivity contribution in [1.29, 1.82) is 0 Å². The molecule has 16 heteroatoms. The number of thiophene rings is 2. The van der Waals surface area contributed by atoms with Gasteiger partial charge in [0.15, 0.2) is 10.7 Å². The number of allylic oxidation sites excluding steroid dienone is 1. The summed E-state index contributed by atoms with van der Waals surface area (Å²) in [7, 11) is 0. The zero-order valence-electron chi connectivity index (χ0n) is 40.8. The Morgan fingerprint density at radius 1 is 0.423 bits per heavy atom. The van der Waals surface area contributed by atoms with Crippen molar-refractivity contribution in [2.75, 3.05) is 0 Å². The molecule has 0 fully saturated rings. The maximum absolute atomic E-state index is 15.9. The molecule has 2 heterocycles. The van der Waals surface area contributed by atoms with Crippen LogP contribution in [0.25, 0.3) is 36.5 Å². The van der Waals surface area contributed by atoms with Crippen molar-refractivity contribution in [1.82, 2.24) is 0 Å². The average Bonchev–Trinajstić information content (AvgIpc) is 3.98. The number of benzene rings is 6. The summed E-state index contributed by atoms with van der Waals surface area (Å²) in [5.74, 6) is -4.94. The molecule has 0 aliphatic heterocycles. The van der Waals surface area contributed by atoms with E-state index < -0.39 is 80.7 Å². The maximum Gasteiger partial charge on any atom is 0.334 e. The second-order valence-corrected chi connectivity index (χ2v) is 20.6. The molecule has 0 bridgehead atoms. The fourth-order valence-corrected chi connectivity index (χ4v) is 12.9. The van der Waals surface area contributed by atoms with Gasteiger partial charge in [-0.25, -0.2) is 9.98 Å². The summed E-state index contributed by atoms with van der Waals surface area (Å²) in [5.41, 5.74) is -7.48. The van der Waals surface area contributed by atoms with Gasteiger partial charge in [0.05, 0.1) is 10.4 Å². The van der Waals surface area contributed by atoms with Crippen LogP contribution >= 0.6 is 22.7 Å². The maximum atomic E-state index is 15.9. The SMILES string of the molecule is O=C(OCc1ccccc1)C1(C(=O)OCc2ccccc2)C(N=c2c(=O)c3ccccc3c2=O)=CC2=C1c1sc3cc(N=c4c(=O)c5ccccc5c4=O)sc3c1C2(C(=O)OCc1ccccc1)C(=O)OCc1ccccc1. The zero-order chi connectivity index (χ0) is 53.7. The lowest BCUT2D eigenvalue weighted by molar-refractivity contribution is -0.167. The van der Waals surface area contributed by atoms with Crippen molar-refractivity contribution in [2.45, 2.75) is 31.8 Å². The van der Waals surface area contributed by atoms with E-state index in [4.69, 9.17) is 18.9 Å². The lowest BCUT2D eigenvalue weighted by atomic mass is 9.77. The Labute approximate surface area is 448 Å². The van der Waals surface area contributed by atoms with E-state index in [0.717, 1.165) is 22.7 Å². The summed E-state index contributed by atoms with van der Waals surface area (Å²) in [6.45, 7) is -1.53. The highest BCUT2D eigenvalue weighted by Crippen LogP contribution is 2.66. The molecule has 14 nitrogen and oxygen atoms in total. The second kappa shape index (κ2) is 19.8. The molecule has 0 spiro atoms. The van der Waals surface area contributed by atoms with E-state index in [0.29, 0.717) is 27.0 Å². The van der Waals surface area contributed by atoms with E-state index in [1.807, 2.05) is 0 Å². The van der Waals surface area contributed by atoms with Gasteiger partial charge in [-0.05, 0) is 40.0 Å². The molecule has 12 rings (SSSR count). The lowest BCUT2D eigenvalue weighted by Gasteiger charge is -2.29. The van der Waals surface area contributed by atoms with Gasteiger partial charge in [-0.3, -0.25) is 38.4 Å². The third kappa shape index (κ3) is 7.99. The smallest absolute Gasteiger partial charge is 0.334 e. The van der Waals surface area contributed by atoms with Gasteiger partial charge in [-0.1, -0.05) is 170 Å². The van der Waals surface area contributed by atoms with Crippen LogP contribution in [-0.2, 0) is 70.0 Å². The summed E-state index contributed by atoms with van der Waals surface area (Å²) >= 11 is 1.91. The molecule has 0 radical (unpaired) electrons. The van der Waals surface area contributed by atoms with E-state index in [9.17, 15) is 19.2 Å². The minimum Gasteiger partial charge on any atom is -0.459 e. The predicted molar refractivity (Wildman–Crippen MR) is 292 cm³/mol. The van der Waals surface area contributed by atoms with E-state index in [2.05, 4.69) is 9.98 Å². The fraction of sp³-hybridized carbons (Fsp3) is 0.0968. The molecule has 10 aromatic rings. The Hall–Kier alpha value is -9.64. The molecule has 0 amide bonds. The van der Waals surface area contributed by atoms with Crippen LogP contribution in [0.1, 0.15) is 32.7 Å². The van der Waals surface area contributed by atoms with Gasteiger partial charge in [0.2, 0.25) is 32.5 Å². The van der Waals surface area contributed by atoms with E-state index in [-0.39, 0.29) is 71.4 Å². The number of ether oxygens (including phenoxy) is 4. The molecule has 8 aromatic carbocycles. The molecule has 2 aliphatic carbocycles. The Kier molecular flexibility index (Phi) is 12.5. The molecule has 0 atom stereocenters. The molecule has 78 heavy (non-hydrogen) atoms. The summed E-state index contributed by atoms with van der Waals surface area (Å²) in [6.07, 6.45) is 1.17. The quantitative estimate of drug-likeness (QED) is 0.0576. The number of fused-ring (bicyclic) bond motifs is 6. The van der Waals surface area contributed by atoms with Crippen LogP contribution in [0, 0.1) is 5.41 Å². The van der Waals surface area contributed by atoms with Crippen LogP contribution < -0.4 is 32.4 Å². The van der Waals surface area contributed by atoms with Gasteiger partial charge in [0, 0.05) is 42.3 Å². The molecule has 0 unspecified atom stereocenters. The van der Waals surface area contributed by atoms with E-state index in [1.54, 1.807) is 152 Å². The highest BCUT2D eigenvalue weighted by molar-refractivity contribution is 7.30. The summed E-state index contributed by atoms with van der Waals surface area (Å²) in [6, 6.07) is 48.5.